The van der Waals surface area contributed by atoms with Crippen molar-refractivity contribution in [1.82, 2.24) is 0 Å². The van der Waals surface area contributed by atoms with Crippen LogP contribution >= 0.6 is 0 Å². The Bertz CT molecular complexity index is 446. The van der Waals surface area contributed by atoms with Gasteiger partial charge in [0.25, 0.3) is 0 Å². The van der Waals surface area contributed by atoms with Gasteiger partial charge in [0.2, 0.25) is 0 Å². The van der Waals surface area contributed by atoms with Crippen LogP contribution in [-0.2, 0) is 6.42 Å². The fourth-order valence-corrected chi connectivity index (χ4v) is 1.42. The molecular weight excluding hydrogens is 289 g/mol. The quantitative estimate of drug-likeness (QED) is 0.530. The SMILES string of the molecule is FC(F)(F)C(F)(F)C(F)(F)/C=C/CCc1ccccc1. The lowest BCUT2D eigenvalue weighted by molar-refractivity contribution is -0.341. The molecule has 0 atom stereocenters. The van der Waals surface area contributed by atoms with Crippen molar-refractivity contribution in [3.63, 3.8) is 0 Å². The lowest BCUT2D eigenvalue weighted by Crippen LogP contribution is -2.50. The van der Waals surface area contributed by atoms with Gasteiger partial charge in [-0.3, -0.25) is 0 Å². The number of hydrogen-bond acceptors (Lipinski definition) is 0. The first kappa shape index (κ1) is 16.5. The molecule has 0 nitrogen and oxygen atoms in total. The summed E-state index contributed by atoms with van der Waals surface area (Å²) in [6, 6.07) is 8.51. The van der Waals surface area contributed by atoms with Gasteiger partial charge in [-0.25, -0.2) is 0 Å². The molecule has 0 bridgehead atoms. The zero-order valence-electron chi connectivity index (χ0n) is 10.1. The topological polar surface area (TPSA) is 0 Å². The smallest absolute Gasteiger partial charge is 0.195 e. The van der Waals surface area contributed by atoms with E-state index < -0.39 is 18.0 Å². The van der Waals surface area contributed by atoms with Crippen LogP contribution in [0.1, 0.15) is 12.0 Å². The summed E-state index contributed by atoms with van der Waals surface area (Å²) in [5.74, 6) is -11.3. The Hall–Kier alpha value is -1.53. The maximum absolute atomic E-state index is 12.9. The molecule has 0 heterocycles. The van der Waals surface area contributed by atoms with Gasteiger partial charge in [-0.05, 0) is 24.5 Å². The molecule has 0 spiro atoms. The Morgan fingerprint density at radius 2 is 1.40 bits per heavy atom. The Morgan fingerprint density at radius 1 is 0.850 bits per heavy atom. The molecule has 0 aliphatic carbocycles. The minimum atomic E-state index is -6.29. The molecule has 1 aromatic rings. The molecule has 112 valence electrons. The first-order chi connectivity index (χ1) is 9.08. The fourth-order valence-electron chi connectivity index (χ4n) is 1.42. The van der Waals surface area contributed by atoms with E-state index in [1.807, 2.05) is 0 Å². The van der Waals surface area contributed by atoms with Crippen molar-refractivity contribution in [1.29, 1.82) is 0 Å². The molecule has 1 aromatic carbocycles. The Labute approximate surface area is 110 Å². The third-order valence-electron chi connectivity index (χ3n) is 2.54. The van der Waals surface area contributed by atoms with Crippen LogP contribution in [0.25, 0.3) is 0 Å². The van der Waals surface area contributed by atoms with Gasteiger partial charge in [0.15, 0.2) is 0 Å². The van der Waals surface area contributed by atoms with E-state index in [1.54, 1.807) is 30.3 Å². The maximum atomic E-state index is 12.9. The number of alkyl halides is 7. The molecule has 20 heavy (non-hydrogen) atoms. The van der Waals surface area contributed by atoms with Gasteiger partial charge in [0.1, 0.15) is 0 Å². The van der Waals surface area contributed by atoms with Crippen LogP contribution in [-0.4, -0.2) is 18.0 Å². The van der Waals surface area contributed by atoms with Crippen molar-refractivity contribution >= 4 is 0 Å². The zero-order valence-corrected chi connectivity index (χ0v) is 10.1. The molecule has 0 aliphatic heterocycles. The number of hydrogen-bond donors (Lipinski definition) is 0. The third-order valence-corrected chi connectivity index (χ3v) is 2.54. The van der Waals surface area contributed by atoms with Crippen LogP contribution in [0.4, 0.5) is 30.7 Å². The summed E-state index contributed by atoms with van der Waals surface area (Å²) in [5.41, 5.74) is 0.767. The molecule has 0 aromatic heterocycles. The average Bonchev–Trinajstić information content (AvgIpc) is 2.34. The number of halogens is 7. The van der Waals surface area contributed by atoms with E-state index >= 15 is 0 Å². The van der Waals surface area contributed by atoms with Crippen LogP contribution < -0.4 is 0 Å². The number of benzene rings is 1. The van der Waals surface area contributed by atoms with Gasteiger partial charge in [0, 0.05) is 0 Å². The van der Waals surface area contributed by atoms with E-state index in [1.165, 1.54) is 0 Å². The first-order valence-electron chi connectivity index (χ1n) is 5.62. The second kappa shape index (κ2) is 5.85. The van der Waals surface area contributed by atoms with E-state index in [0.717, 1.165) is 5.56 Å². The van der Waals surface area contributed by atoms with Gasteiger partial charge in [-0.2, -0.15) is 30.7 Å². The highest BCUT2D eigenvalue weighted by molar-refractivity contribution is 5.15. The monoisotopic (exact) mass is 300 g/mol. The second-order valence-corrected chi connectivity index (χ2v) is 4.12. The molecule has 0 aliphatic rings. The van der Waals surface area contributed by atoms with Gasteiger partial charge in [0.05, 0.1) is 0 Å². The highest BCUT2D eigenvalue weighted by Crippen LogP contribution is 2.47. The second-order valence-electron chi connectivity index (χ2n) is 4.12. The summed E-state index contributed by atoms with van der Waals surface area (Å²) in [5, 5.41) is 0. The zero-order chi connectivity index (χ0) is 15.4. The standard InChI is InChI=1S/C13H11F7/c14-11(15,12(16,17)13(18,19)20)9-5-4-8-10-6-2-1-3-7-10/h1-3,5-7,9H,4,8H2/b9-5+. The van der Waals surface area contributed by atoms with Crippen molar-refractivity contribution in [3.05, 3.63) is 48.0 Å². The summed E-state index contributed by atoms with van der Waals surface area (Å²) >= 11 is 0. The van der Waals surface area contributed by atoms with E-state index in [-0.39, 0.29) is 18.9 Å². The highest BCUT2D eigenvalue weighted by Gasteiger charge is 2.71. The van der Waals surface area contributed by atoms with Gasteiger partial charge < -0.3 is 0 Å². The predicted octanol–water partition coefficient (Wildman–Crippen LogP) is 5.01. The highest BCUT2D eigenvalue weighted by atomic mass is 19.4. The summed E-state index contributed by atoms with van der Waals surface area (Å²) in [6.45, 7) is 0. The van der Waals surface area contributed by atoms with Crippen molar-refractivity contribution in [3.8, 4) is 0 Å². The molecule has 0 radical (unpaired) electrons. The number of rotatable bonds is 5. The summed E-state index contributed by atoms with van der Waals surface area (Å²) in [7, 11) is 0. The van der Waals surface area contributed by atoms with Gasteiger partial charge in [-0.15, -0.1) is 0 Å². The lowest BCUT2D eigenvalue weighted by Gasteiger charge is -2.25. The van der Waals surface area contributed by atoms with Crippen LogP contribution in [0, 0.1) is 0 Å². The average molecular weight is 300 g/mol. The van der Waals surface area contributed by atoms with Crippen molar-refractivity contribution in [2.75, 3.05) is 0 Å². The van der Waals surface area contributed by atoms with E-state index in [2.05, 4.69) is 0 Å². The molecule has 7 heteroatoms. The first-order valence-corrected chi connectivity index (χ1v) is 5.62. The van der Waals surface area contributed by atoms with Crippen LogP contribution in [0.15, 0.2) is 42.5 Å². The normalized spacial score (nSPS) is 13.9. The summed E-state index contributed by atoms with van der Waals surface area (Å²) in [6.07, 6.45) is -5.84. The summed E-state index contributed by atoms with van der Waals surface area (Å²) in [4.78, 5) is 0. The van der Waals surface area contributed by atoms with Crippen molar-refractivity contribution in [2.24, 2.45) is 0 Å². The molecular formula is C13H11F7. The number of allylic oxidation sites excluding steroid dienone is 2. The van der Waals surface area contributed by atoms with Crippen molar-refractivity contribution < 1.29 is 30.7 Å². The van der Waals surface area contributed by atoms with Crippen molar-refractivity contribution in [2.45, 2.75) is 30.9 Å². The number of aryl methyl sites for hydroxylation is 1. The molecule has 0 N–H and O–H groups in total. The Kier molecular flexibility index (Phi) is 4.83. The van der Waals surface area contributed by atoms with E-state index in [9.17, 15) is 30.7 Å². The van der Waals surface area contributed by atoms with E-state index in [4.69, 9.17) is 0 Å². The lowest BCUT2D eigenvalue weighted by atomic mass is 10.1. The largest absolute Gasteiger partial charge is 0.460 e. The van der Waals surface area contributed by atoms with Gasteiger partial charge >= 0.3 is 18.0 Å². The molecule has 0 saturated heterocycles. The maximum Gasteiger partial charge on any atom is 0.460 e. The Balaban J connectivity index is 2.65. The van der Waals surface area contributed by atoms with Crippen LogP contribution in [0.5, 0.6) is 0 Å². The molecule has 1 rings (SSSR count). The Morgan fingerprint density at radius 3 is 1.90 bits per heavy atom. The van der Waals surface area contributed by atoms with Crippen LogP contribution in [0.2, 0.25) is 0 Å². The fraction of sp³-hybridized carbons (Fsp3) is 0.385. The minimum absolute atomic E-state index is 0.0620. The molecule has 0 amide bonds. The molecule has 0 unspecified atom stereocenters. The third kappa shape index (κ3) is 3.74. The van der Waals surface area contributed by atoms with Crippen LogP contribution in [0.3, 0.4) is 0 Å². The van der Waals surface area contributed by atoms with Gasteiger partial charge in [-0.1, -0.05) is 36.4 Å². The van der Waals surface area contributed by atoms with E-state index in [0.29, 0.717) is 6.08 Å². The molecule has 0 saturated carbocycles. The molecule has 0 fully saturated rings. The minimum Gasteiger partial charge on any atom is -0.195 e. The predicted molar refractivity (Wildman–Crippen MR) is 59.9 cm³/mol. The summed E-state index contributed by atoms with van der Waals surface area (Å²) < 4.78 is 86.3.